The van der Waals surface area contributed by atoms with Crippen LogP contribution >= 0.6 is 0 Å². The van der Waals surface area contributed by atoms with Crippen molar-refractivity contribution in [2.24, 2.45) is 5.92 Å². The Balaban J connectivity index is 2.02. The zero-order chi connectivity index (χ0) is 16.6. The summed E-state index contributed by atoms with van der Waals surface area (Å²) in [5.41, 5.74) is 0.606. The minimum Gasteiger partial charge on any atom is -0.481 e. The molecule has 5 nitrogen and oxygen atoms in total. The molecule has 3 atom stereocenters. The van der Waals surface area contributed by atoms with Crippen molar-refractivity contribution in [1.29, 1.82) is 0 Å². The van der Waals surface area contributed by atoms with Crippen LogP contribution in [0.1, 0.15) is 37.0 Å². The first kappa shape index (κ1) is 15.5. The van der Waals surface area contributed by atoms with E-state index in [1.807, 2.05) is 32.0 Å². The molecule has 1 fully saturated rings. The number of nitrogens with zero attached hydrogens (tertiary/aromatic N) is 2. The van der Waals surface area contributed by atoms with E-state index in [9.17, 15) is 14.7 Å². The predicted molar refractivity (Wildman–Crippen MR) is 87.2 cm³/mol. The number of benzene rings is 1. The molecule has 0 saturated carbocycles. The maximum Gasteiger partial charge on any atom is 0.308 e. The number of aliphatic carboxylic acids is 1. The minimum absolute atomic E-state index is 0.0326. The van der Waals surface area contributed by atoms with Gasteiger partial charge in [-0.3, -0.25) is 14.6 Å². The summed E-state index contributed by atoms with van der Waals surface area (Å²) in [6, 6.07) is 7.10. The average Bonchev–Trinajstić information content (AvgIpc) is 2.53. The number of carbonyl (C=O) groups excluding carboxylic acids is 1. The predicted octanol–water partition coefficient (Wildman–Crippen LogP) is 2.95. The van der Waals surface area contributed by atoms with Crippen molar-refractivity contribution in [2.45, 2.75) is 38.8 Å². The zero-order valence-corrected chi connectivity index (χ0v) is 13.3. The molecule has 3 rings (SSSR count). The quantitative estimate of drug-likeness (QED) is 0.925. The largest absolute Gasteiger partial charge is 0.481 e. The maximum atomic E-state index is 13.1. The number of hydrogen-bond donors (Lipinski definition) is 1. The van der Waals surface area contributed by atoms with Gasteiger partial charge in [-0.15, -0.1) is 0 Å². The Morgan fingerprint density at radius 3 is 2.74 bits per heavy atom. The van der Waals surface area contributed by atoms with Crippen molar-refractivity contribution >= 4 is 22.6 Å². The van der Waals surface area contributed by atoms with Crippen LogP contribution in [0.2, 0.25) is 0 Å². The number of rotatable bonds is 2. The van der Waals surface area contributed by atoms with E-state index < -0.39 is 11.9 Å². The number of pyridine rings is 1. The summed E-state index contributed by atoms with van der Waals surface area (Å²) >= 11 is 0. The van der Waals surface area contributed by atoms with Crippen LogP contribution in [-0.2, 0) is 4.79 Å². The third-order valence-electron chi connectivity index (χ3n) is 4.85. The fraction of sp³-hybridized carbons (Fsp3) is 0.389. The van der Waals surface area contributed by atoms with Gasteiger partial charge in [-0.25, -0.2) is 0 Å². The molecule has 1 aliphatic heterocycles. The molecule has 1 aromatic heterocycles. The van der Waals surface area contributed by atoms with Gasteiger partial charge in [0.05, 0.1) is 5.92 Å². The second-order valence-corrected chi connectivity index (χ2v) is 6.23. The molecule has 0 spiro atoms. The Labute approximate surface area is 134 Å². The minimum atomic E-state index is -0.829. The molecule has 5 heteroatoms. The van der Waals surface area contributed by atoms with Crippen LogP contribution in [0.4, 0.5) is 0 Å². The van der Waals surface area contributed by atoms with E-state index in [0.717, 1.165) is 10.8 Å². The lowest BCUT2D eigenvalue weighted by Gasteiger charge is -2.42. The van der Waals surface area contributed by atoms with Crippen LogP contribution < -0.4 is 0 Å². The molecular formula is C18H20N2O3. The smallest absolute Gasteiger partial charge is 0.308 e. The Hall–Kier alpha value is -2.43. The summed E-state index contributed by atoms with van der Waals surface area (Å²) in [5.74, 6) is -1.44. The van der Waals surface area contributed by atoms with Gasteiger partial charge < -0.3 is 10.0 Å². The molecule has 120 valence electrons. The van der Waals surface area contributed by atoms with Crippen LogP contribution in [0.5, 0.6) is 0 Å². The Morgan fingerprint density at radius 2 is 2.00 bits per heavy atom. The van der Waals surface area contributed by atoms with Crippen molar-refractivity contribution in [3.8, 4) is 0 Å². The highest BCUT2D eigenvalue weighted by atomic mass is 16.4. The summed E-state index contributed by atoms with van der Waals surface area (Å²) < 4.78 is 0. The molecule has 23 heavy (non-hydrogen) atoms. The second-order valence-electron chi connectivity index (χ2n) is 6.23. The first-order valence-corrected chi connectivity index (χ1v) is 7.89. The van der Waals surface area contributed by atoms with Crippen LogP contribution in [0.25, 0.3) is 10.8 Å². The van der Waals surface area contributed by atoms with Crippen molar-refractivity contribution in [3.05, 3.63) is 42.2 Å². The average molecular weight is 312 g/mol. The summed E-state index contributed by atoms with van der Waals surface area (Å²) in [6.07, 6.45) is 4.72. The summed E-state index contributed by atoms with van der Waals surface area (Å²) in [6.45, 7) is 3.82. The molecule has 1 N–H and O–H groups in total. The number of carbonyl (C=O) groups is 2. The molecule has 1 aromatic carbocycles. The summed E-state index contributed by atoms with van der Waals surface area (Å²) in [5, 5.41) is 11.1. The van der Waals surface area contributed by atoms with Crippen LogP contribution in [0.3, 0.4) is 0 Å². The van der Waals surface area contributed by atoms with Gasteiger partial charge in [0.1, 0.15) is 0 Å². The number of amides is 1. The van der Waals surface area contributed by atoms with Crippen molar-refractivity contribution in [1.82, 2.24) is 9.88 Å². The standard InChI is InChI=1S/C18H20N2O3/c1-11-6-7-14(18(22)23)12(2)20(11)17(21)16-5-3-4-13-10-19-9-8-15(13)16/h3-5,8-12,14H,6-7H2,1-2H3,(H,22,23)/t11-,12+,14+/m1/s1. The van der Waals surface area contributed by atoms with Crippen LogP contribution in [-0.4, -0.2) is 39.0 Å². The highest BCUT2D eigenvalue weighted by Crippen LogP contribution is 2.31. The first-order chi connectivity index (χ1) is 11.0. The number of aromatic nitrogens is 1. The highest BCUT2D eigenvalue weighted by Gasteiger charge is 2.39. The Morgan fingerprint density at radius 1 is 1.22 bits per heavy atom. The van der Waals surface area contributed by atoms with Gasteiger partial charge in [-0.2, -0.15) is 0 Å². The Bertz CT molecular complexity index is 754. The van der Waals surface area contributed by atoms with Crippen molar-refractivity contribution < 1.29 is 14.7 Å². The lowest BCUT2D eigenvalue weighted by Crippen LogP contribution is -2.53. The normalized spacial score (nSPS) is 24.6. The van der Waals surface area contributed by atoms with E-state index >= 15 is 0 Å². The van der Waals surface area contributed by atoms with E-state index in [1.165, 1.54) is 0 Å². The lowest BCUT2D eigenvalue weighted by molar-refractivity contribution is -0.145. The van der Waals surface area contributed by atoms with Gasteiger partial charge in [0.15, 0.2) is 0 Å². The van der Waals surface area contributed by atoms with E-state index in [2.05, 4.69) is 4.98 Å². The van der Waals surface area contributed by atoms with Gasteiger partial charge in [-0.1, -0.05) is 12.1 Å². The third kappa shape index (κ3) is 2.67. The first-order valence-electron chi connectivity index (χ1n) is 7.89. The van der Waals surface area contributed by atoms with Crippen LogP contribution in [0.15, 0.2) is 36.7 Å². The number of carboxylic acids is 1. The second kappa shape index (κ2) is 5.99. The molecule has 0 aliphatic carbocycles. The van der Waals surface area contributed by atoms with Gasteiger partial charge in [0, 0.05) is 35.4 Å². The van der Waals surface area contributed by atoms with Crippen molar-refractivity contribution in [3.63, 3.8) is 0 Å². The van der Waals surface area contributed by atoms with Gasteiger partial charge in [0.25, 0.3) is 5.91 Å². The molecule has 1 saturated heterocycles. The zero-order valence-electron chi connectivity index (χ0n) is 13.3. The topological polar surface area (TPSA) is 70.5 Å². The Kier molecular flexibility index (Phi) is 4.03. The van der Waals surface area contributed by atoms with Crippen molar-refractivity contribution in [2.75, 3.05) is 0 Å². The molecular weight excluding hydrogens is 292 g/mol. The molecule has 1 aliphatic rings. The fourth-order valence-corrected chi connectivity index (χ4v) is 3.56. The molecule has 0 unspecified atom stereocenters. The summed E-state index contributed by atoms with van der Waals surface area (Å²) in [4.78, 5) is 30.4. The number of carboxylic acid groups (broad SMARTS) is 1. The van der Waals surface area contributed by atoms with E-state index in [-0.39, 0.29) is 18.0 Å². The van der Waals surface area contributed by atoms with Crippen LogP contribution in [0, 0.1) is 5.92 Å². The monoisotopic (exact) mass is 312 g/mol. The third-order valence-corrected chi connectivity index (χ3v) is 4.85. The molecule has 0 radical (unpaired) electrons. The highest BCUT2D eigenvalue weighted by molar-refractivity contribution is 6.07. The molecule has 2 heterocycles. The number of hydrogen-bond acceptors (Lipinski definition) is 3. The number of fused-ring (bicyclic) bond motifs is 1. The van der Waals surface area contributed by atoms with Gasteiger partial charge in [-0.05, 0) is 44.2 Å². The fourth-order valence-electron chi connectivity index (χ4n) is 3.56. The SMILES string of the molecule is C[C@@H]1CC[C@H](C(=O)O)[C@H](C)N1C(=O)c1cccc2cnccc12. The maximum absolute atomic E-state index is 13.1. The molecule has 2 aromatic rings. The number of piperidine rings is 1. The summed E-state index contributed by atoms with van der Waals surface area (Å²) in [7, 11) is 0. The molecule has 0 bridgehead atoms. The number of likely N-dealkylation sites (tertiary alicyclic amines) is 1. The van der Waals surface area contributed by atoms with Gasteiger partial charge >= 0.3 is 5.97 Å². The van der Waals surface area contributed by atoms with E-state index in [4.69, 9.17) is 0 Å². The van der Waals surface area contributed by atoms with E-state index in [0.29, 0.717) is 18.4 Å². The lowest BCUT2D eigenvalue weighted by atomic mass is 9.86. The van der Waals surface area contributed by atoms with Gasteiger partial charge in [0.2, 0.25) is 0 Å². The van der Waals surface area contributed by atoms with E-state index in [1.54, 1.807) is 23.4 Å². The molecule has 1 amide bonds.